The number of hydrogen-bond acceptors (Lipinski definition) is 7. The van der Waals surface area contributed by atoms with Crippen molar-refractivity contribution in [3.63, 3.8) is 0 Å². The van der Waals surface area contributed by atoms with Gasteiger partial charge in [0.25, 0.3) is 0 Å². The van der Waals surface area contributed by atoms with Gasteiger partial charge >= 0.3 is 6.36 Å². The lowest BCUT2D eigenvalue weighted by molar-refractivity contribution is -0.274. The number of alkyl halides is 3. The van der Waals surface area contributed by atoms with E-state index >= 15 is 0 Å². The van der Waals surface area contributed by atoms with Gasteiger partial charge in [-0.25, -0.2) is 0 Å². The molecule has 0 fully saturated rings. The molecule has 3 rings (SSSR count). The van der Waals surface area contributed by atoms with Crippen LogP contribution >= 0.6 is 11.3 Å². The fourth-order valence-corrected chi connectivity index (χ4v) is 3.80. The van der Waals surface area contributed by atoms with Crippen molar-refractivity contribution >= 4 is 17.2 Å². The predicted molar refractivity (Wildman–Crippen MR) is 109 cm³/mol. The van der Waals surface area contributed by atoms with E-state index in [1.807, 2.05) is 12.1 Å². The molecule has 2 aromatic heterocycles. The van der Waals surface area contributed by atoms with Crippen molar-refractivity contribution in [2.45, 2.75) is 32.3 Å². The van der Waals surface area contributed by atoms with Crippen LogP contribution in [0.4, 0.5) is 13.2 Å². The number of rotatable bonds is 7. The maximum absolute atomic E-state index is 12.5. The summed E-state index contributed by atoms with van der Waals surface area (Å²) in [4.78, 5) is 17.9. The average molecular weight is 451 g/mol. The van der Waals surface area contributed by atoms with Crippen LogP contribution in [0.5, 0.6) is 5.75 Å². The van der Waals surface area contributed by atoms with Crippen LogP contribution in [0, 0.1) is 0 Å². The number of ether oxygens (including phenoxy) is 1. The van der Waals surface area contributed by atoms with Crippen LogP contribution in [-0.2, 0) is 17.8 Å². The molecule has 1 unspecified atom stereocenters. The summed E-state index contributed by atoms with van der Waals surface area (Å²) in [6.07, 6.45) is -2.71. The molecule has 2 N–H and O–H groups in total. The molecule has 0 radical (unpaired) electrons. The molecule has 0 spiro atoms. The average Bonchev–Trinajstić information content (AvgIpc) is 3.21. The molecule has 0 aliphatic carbocycles. The van der Waals surface area contributed by atoms with Gasteiger partial charge in [0.2, 0.25) is 5.91 Å². The van der Waals surface area contributed by atoms with Crippen molar-refractivity contribution in [3.05, 3.63) is 58.9 Å². The summed E-state index contributed by atoms with van der Waals surface area (Å²) >= 11 is 1.19. The molecule has 7 nitrogen and oxygen atoms in total. The van der Waals surface area contributed by atoms with Gasteiger partial charge in [-0.2, -0.15) is 0 Å². The maximum atomic E-state index is 12.5. The number of carbonyl (C=O) groups is 1. The Morgan fingerprint density at radius 3 is 2.65 bits per heavy atom. The summed E-state index contributed by atoms with van der Waals surface area (Å²) in [6, 6.07) is 8.78. The molecule has 1 amide bonds. The second-order valence-corrected chi connectivity index (χ2v) is 7.74. The van der Waals surface area contributed by atoms with Crippen LogP contribution < -0.4 is 10.5 Å². The number of carbonyl (C=O) groups excluding carboxylic acids is 1. The van der Waals surface area contributed by atoms with Crippen molar-refractivity contribution in [3.8, 4) is 16.3 Å². The zero-order valence-electron chi connectivity index (χ0n) is 16.8. The molecule has 3 aromatic rings. The zero-order chi connectivity index (χ0) is 22.6. The van der Waals surface area contributed by atoms with Gasteiger partial charge in [-0.1, -0.05) is 29.5 Å². The molecule has 0 saturated carbocycles. The smallest absolute Gasteiger partial charge is 0.406 e. The lowest BCUT2D eigenvalue weighted by Gasteiger charge is -2.24. The summed E-state index contributed by atoms with van der Waals surface area (Å²) in [5.41, 5.74) is 7.66. The Labute approximate surface area is 180 Å². The van der Waals surface area contributed by atoms with Crippen LogP contribution in [0.2, 0.25) is 0 Å². The molecule has 1 atom stereocenters. The highest BCUT2D eigenvalue weighted by Crippen LogP contribution is 2.33. The van der Waals surface area contributed by atoms with E-state index < -0.39 is 12.4 Å². The van der Waals surface area contributed by atoms with E-state index in [1.165, 1.54) is 41.4 Å². The van der Waals surface area contributed by atoms with Gasteiger partial charge in [0.05, 0.1) is 6.04 Å². The molecule has 0 saturated heterocycles. The van der Waals surface area contributed by atoms with Crippen LogP contribution in [0.25, 0.3) is 10.6 Å². The van der Waals surface area contributed by atoms with Gasteiger partial charge in [0.1, 0.15) is 15.8 Å². The maximum Gasteiger partial charge on any atom is 0.573 e. The molecule has 0 aliphatic heterocycles. The highest BCUT2D eigenvalue weighted by Gasteiger charge is 2.31. The second-order valence-electron chi connectivity index (χ2n) is 6.73. The first-order chi connectivity index (χ1) is 14.7. The Kier molecular flexibility index (Phi) is 6.86. The van der Waals surface area contributed by atoms with Gasteiger partial charge in [0.15, 0.2) is 0 Å². The molecule has 164 valence electrons. The number of likely N-dealkylation sites (N-methyl/N-ethyl adjacent to an activating group) is 1. The number of halogens is 3. The molecular formula is C20H20F3N5O2S. The Morgan fingerprint density at radius 2 is 2.03 bits per heavy atom. The van der Waals surface area contributed by atoms with E-state index in [9.17, 15) is 18.0 Å². The quantitative estimate of drug-likeness (QED) is 0.589. The lowest BCUT2D eigenvalue weighted by atomic mass is 10.1. The molecule has 2 heterocycles. The normalized spacial score (nSPS) is 12.5. The molecule has 0 aliphatic rings. The van der Waals surface area contributed by atoms with Crippen LogP contribution in [0.3, 0.4) is 0 Å². The fourth-order valence-electron chi connectivity index (χ4n) is 2.82. The van der Waals surface area contributed by atoms with Gasteiger partial charge in [-0.05, 0) is 23.8 Å². The second kappa shape index (κ2) is 9.40. The highest BCUT2D eigenvalue weighted by molar-refractivity contribution is 7.14. The first kappa shape index (κ1) is 22.6. The predicted octanol–water partition coefficient (Wildman–Crippen LogP) is 3.72. The minimum absolute atomic E-state index is 0.166. The van der Waals surface area contributed by atoms with Crippen molar-refractivity contribution in [2.24, 2.45) is 5.73 Å². The molecule has 1 aromatic carbocycles. The van der Waals surface area contributed by atoms with E-state index in [0.29, 0.717) is 28.5 Å². The number of nitrogens with zero attached hydrogens (tertiary/aromatic N) is 4. The summed E-state index contributed by atoms with van der Waals surface area (Å²) in [7, 11) is 1.65. The van der Waals surface area contributed by atoms with Crippen LogP contribution in [0.1, 0.15) is 29.2 Å². The standard InChI is InChI=1S/C20H20F3N5O2S/c1-12(29)28(2)17(9-15-7-6-13(10-24)11-25-15)19-27-26-18(31-19)14-4-3-5-16(8-14)30-20(21,22)23/h3-8,11,17H,9-10,24H2,1-2H3. The van der Waals surface area contributed by atoms with E-state index in [1.54, 1.807) is 19.3 Å². The highest BCUT2D eigenvalue weighted by atomic mass is 32.1. The van der Waals surface area contributed by atoms with E-state index in [4.69, 9.17) is 5.73 Å². The third kappa shape index (κ3) is 5.98. The molecular weight excluding hydrogens is 431 g/mol. The van der Waals surface area contributed by atoms with Crippen LogP contribution in [-0.4, -0.2) is 39.4 Å². The summed E-state index contributed by atoms with van der Waals surface area (Å²) in [6.45, 7) is 1.82. The SMILES string of the molecule is CC(=O)N(C)C(Cc1ccc(CN)cn1)c1nnc(-c2cccc(OC(F)(F)F)c2)s1. The Bertz CT molecular complexity index is 1040. The number of benzene rings is 1. The van der Waals surface area contributed by atoms with Gasteiger partial charge in [-0.15, -0.1) is 23.4 Å². The number of nitrogens with two attached hydrogens (primary N) is 1. The minimum atomic E-state index is -4.79. The summed E-state index contributed by atoms with van der Waals surface area (Å²) < 4.78 is 41.5. The van der Waals surface area contributed by atoms with E-state index in [0.717, 1.165) is 11.3 Å². The Balaban J connectivity index is 1.88. The molecule has 31 heavy (non-hydrogen) atoms. The van der Waals surface area contributed by atoms with Crippen molar-refractivity contribution in [2.75, 3.05) is 7.05 Å². The number of amides is 1. The zero-order valence-corrected chi connectivity index (χ0v) is 17.6. The van der Waals surface area contributed by atoms with Gasteiger partial charge < -0.3 is 15.4 Å². The lowest BCUT2D eigenvalue weighted by Crippen LogP contribution is -2.30. The topological polar surface area (TPSA) is 94.2 Å². The summed E-state index contributed by atoms with van der Waals surface area (Å²) in [5, 5.41) is 9.26. The first-order valence-electron chi connectivity index (χ1n) is 9.23. The third-order valence-corrected chi connectivity index (χ3v) is 5.60. The minimum Gasteiger partial charge on any atom is -0.406 e. The van der Waals surface area contributed by atoms with E-state index in [-0.39, 0.29) is 11.7 Å². The number of hydrogen-bond donors (Lipinski definition) is 1. The van der Waals surface area contributed by atoms with Gasteiger partial charge in [0, 0.05) is 44.4 Å². The van der Waals surface area contributed by atoms with Gasteiger partial charge in [-0.3, -0.25) is 9.78 Å². The number of aromatic nitrogens is 3. The monoisotopic (exact) mass is 451 g/mol. The molecule has 11 heteroatoms. The Hall–Kier alpha value is -3.05. The Morgan fingerprint density at radius 1 is 1.26 bits per heavy atom. The van der Waals surface area contributed by atoms with Crippen molar-refractivity contribution in [1.29, 1.82) is 0 Å². The number of pyridine rings is 1. The summed E-state index contributed by atoms with van der Waals surface area (Å²) in [5.74, 6) is -0.510. The first-order valence-corrected chi connectivity index (χ1v) is 10.0. The largest absolute Gasteiger partial charge is 0.573 e. The molecule has 0 bridgehead atoms. The van der Waals surface area contributed by atoms with E-state index in [2.05, 4.69) is 19.9 Å². The van der Waals surface area contributed by atoms with Crippen molar-refractivity contribution in [1.82, 2.24) is 20.1 Å². The third-order valence-electron chi connectivity index (χ3n) is 4.53. The van der Waals surface area contributed by atoms with Crippen molar-refractivity contribution < 1.29 is 22.7 Å². The van der Waals surface area contributed by atoms with Crippen LogP contribution in [0.15, 0.2) is 42.6 Å². The fraction of sp³-hybridized carbons (Fsp3) is 0.300.